The van der Waals surface area contributed by atoms with Crippen molar-refractivity contribution in [1.82, 2.24) is 0 Å². The maximum Gasteiger partial charge on any atom is 0.343 e. The molecule has 1 fully saturated rings. The average Bonchev–Trinajstić information content (AvgIpc) is 3.02. The number of nitrogen functional groups attached to an aromatic ring is 1. The lowest BCUT2D eigenvalue weighted by Gasteiger charge is -2.18. The predicted molar refractivity (Wildman–Crippen MR) is 85.3 cm³/mol. The summed E-state index contributed by atoms with van der Waals surface area (Å²) in [6, 6.07) is 0. The smallest absolute Gasteiger partial charge is 0.343 e. The molecule has 1 aromatic heterocycles. The van der Waals surface area contributed by atoms with Crippen LogP contribution in [0.15, 0.2) is 0 Å². The molecule has 1 unspecified atom stereocenters. The van der Waals surface area contributed by atoms with Crippen molar-refractivity contribution in [3.05, 3.63) is 10.4 Å². The summed E-state index contributed by atoms with van der Waals surface area (Å²) < 4.78 is 5.11. The first kappa shape index (κ1) is 15.8. The average molecular weight is 310 g/mol. The third kappa shape index (κ3) is 3.05. The third-order valence-electron chi connectivity index (χ3n) is 3.88. The van der Waals surface area contributed by atoms with Crippen LogP contribution < -0.4 is 10.6 Å². The topological polar surface area (TPSA) is 72.6 Å². The minimum absolute atomic E-state index is 0.111. The normalized spacial score (nSPS) is 18.0. The zero-order valence-corrected chi connectivity index (χ0v) is 13.6. The highest BCUT2D eigenvalue weighted by Crippen LogP contribution is 2.41. The highest BCUT2D eigenvalue weighted by molar-refractivity contribution is 7.19. The Labute approximate surface area is 129 Å². The Bertz CT molecular complexity index is 553. The molecule has 21 heavy (non-hydrogen) atoms. The lowest BCUT2D eigenvalue weighted by molar-refractivity contribution is 0.0529. The molecular weight excluding hydrogens is 288 g/mol. The van der Waals surface area contributed by atoms with Crippen LogP contribution in [-0.2, 0) is 4.74 Å². The zero-order valence-electron chi connectivity index (χ0n) is 12.8. The molecule has 6 heteroatoms. The van der Waals surface area contributed by atoms with E-state index in [0.717, 1.165) is 30.9 Å². The van der Waals surface area contributed by atoms with Crippen LogP contribution in [0, 0.1) is 5.92 Å². The van der Waals surface area contributed by atoms with Gasteiger partial charge in [0.1, 0.15) is 10.6 Å². The number of hydrogen-bond donors (Lipinski definition) is 1. The summed E-state index contributed by atoms with van der Waals surface area (Å²) in [5.41, 5.74) is 6.66. The van der Waals surface area contributed by atoms with Crippen molar-refractivity contribution in [2.75, 3.05) is 30.3 Å². The highest BCUT2D eigenvalue weighted by atomic mass is 32.1. The molecule has 0 radical (unpaired) electrons. The Morgan fingerprint density at radius 3 is 2.67 bits per heavy atom. The number of nitrogens with two attached hydrogens (primary N) is 1. The number of Topliss-reactive ketones (excluding diaryl/α,β-unsaturated/α-hetero) is 1. The van der Waals surface area contributed by atoms with Gasteiger partial charge in [0, 0.05) is 20.0 Å². The van der Waals surface area contributed by atoms with E-state index in [9.17, 15) is 9.59 Å². The molecule has 2 N–H and O–H groups in total. The molecule has 1 aromatic rings. The monoisotopic (exact) mass is 310 g/mol. The van der Waals surface area contributed by atoms with E-state index in [4.69, 9.17) is 10.5 Å². The fraction of sp³-hybridized carbons (Fsp3) is 0.600. The molecule has 1 saturated heterocycles. The zero-order chi connectivity index (χ0) is 15.6. The van der Waals surface area contributed by atoms with E-state index in [2.05, 4.69) is 11.8 Å². The van der Waals surface area contributed by atoms with Crippen molar-refractivity contribution in [1.29, 1.82) is 0 Å². The maximum atomic E-state index is 12.2. The summed E-state index contributed by atoms with van der Waals surface area (Å²) in [7, 11) is 0. The molecule has 1 atom stereocenters. The second kappa shape index (κ2) is 6.47. The predicted octanol–water partition coefficient (Wildman–Crippen LogP) is 2.95. The number of ketones is 1. The Balaban J connectivity index is 2.41. The fourth-order valence-electron chi connectivity index (χ4n) is 2.67. The van der Waals surface area contributed by atoms with Gasteiger partial charge in [0.25, 0.3) is 0 Å². The van der Waals surface area contributed by atoms with Gasteiger partial charge in [-0.1, -0.05) is 13.3 Å². The molecule has 116 valence electrons. The number of nitrogens with zero attached hydrogens (tertiary/aromatic N) is 1. The highest BCUT2D eigenvalue weighted by Gasteiger charge is 2.31. The van der Waals surface area contributed by atoms with Crippen molar-refractivity contribution < 1.29 is 14.3 Å². The first-order chi connectivity index (χ1) is 9.99. The van der Waals surface area contributed by atoms with Gasteiger partial charge in [0.05, 0.1) is 17.2 Å². The first-order valence-electron chi connectivity index (χ1n) is 7.34. The van der Waals surface area contributed by atoms with Crippen LogP contribution >= 0.6 is 11.3 Å². The molecule has 0 saturated carbocycles. The van der Waals surface area contributed by atoms with Crippen LogP contribution in [-0.4, -0.2) is 31.4 Å². The largest absolute Gasteiger partial charge is 0.462 e. The van der Waals surface area contributed by atoms with Crippen LogP contribution in [0.3, 0.4) is 0 Å². The number of rotatable bonds is 5. The first-order valence-corrected chi connectivity index (χ1v) is 8.16. The molecule has 2 rings (SSSR count). The Morgan fingerprint density at radius 2 is 2.14 bits per heavy atom. The quantitative estimate of drug-likeness (QED) is 0.668. The van der Waals surface area contributed by atoms with Gasteiger partial charge >= 0.3 is 5.97 Å². The van der Waals surface area contributed by atoms with Gasteiger partial charge < -0.3 is 15.4 Å². The summed E-state index contributed by atoms with van der Waals surface area (Å²) in [6.07, 6.45) is 2.22. The van der Waals surface area contributed by atoms with Gasteiger partial charge in [-0.25, -0.2) is 4.79 Å². The van der Waals surface area contributed by atoms with Crippen LogP contribution in [0.1, 0.15) is 53.6 Å². The van der Waals surface area contributed by atoms with E-state index in [1.54, 1.807) is 6.92 Å². The van der Waals surface area contributed by atoms with E-state index in [1.165, 1.54) is 18.3 Å². The van der Waals surface area contributed by atoms with Gasteiger partial charge in [-0.3, -0.25) is 4.79 Å². The number of ether oxygens (including phenoxy) is 1. The minimum Gasteiger partial charge on any atom is -0.462 e. The summed E-state index contributed by atoms with van der Waals surface area (Å²) in [5, 5.41) is 0.784. The van der Waals surface area contributed by atoms with Crippen molar-refractivity contribution in [3.8, 4) is 0 Å². The lowest BCUT2D eigenvalue weighted by Crippen LogP contribution is -2.21. The third-order valence-corrected chi connectivity index (χ3v) is 5.24. The van der Waals surface area contributed by atoms with Gasteiger partial charge in [0.15, 0.2) is 5.78 Å². The summed E-state index contributed by atoms with van der Waals surface area (Å²) in [6.45, 7) is 7.49. The molecule has 0 amide bonds. The Morgan fingerprint density at radius 1 is 1.43 bits per heavy atom. The standard InChI is InChI=1S/C15H22N2O3S/c1-4-10-6-7-17(8-10)14-11(15(19)20-5-2)12(16)13(21-14)9(3)18/h10H,4-8,16H2,1-3H3. The number of hydrogen-bond acceptors (Lipinski definition) is 6. The Hall–Kier alpha value is -1.56. The second-order valence-electron chi connectivity index (χ2n) is 5.31. The lowest BCUT2D eigenvalue weighted by atomic mass is 10.1. The number of carbonyl (C=O) groups excluding carboxylic acids is 2. The van der Waals surface area contributed by atoms with Gasteiger partial charge in [-0.2, -0.15) is 0 Å². The van der Waals surface area contributed by atoms with Crippen molar-refractivity contribution in [2.24, 2.45) is 5.92 Å². The van der Waals surface area contributed by atoms with E-state index >= 15 is 0 Å². The molecule has 0 bridgehead atoms. The van der Waals surface area contributed by atoms with Gasteiger partial charge in [-0.05, 0) is 19.3 Å². The van der Waals surface area contributed by atoms with Crippen LogP contribution in [0.4, 0.5) is 10.7 Å². The Kier molecular flexibility index (Phi) is 4.88. The SMILES string of the molecule is CCOC(=O)c1c(N2CCC(CC)C2)sc(C(C)=O)c1N. The molecule has 0 aliphatic carbocycles. The van der Waals surface area contributed by atoms with E-state index in [0.29, 0.717) is 23.0 Å². The van der Waals surface area contributed by atoms with Crippen LogP contribution in [0.2, 0.25) is 0 Å². The fourth-order valence-corrected chi connectivity index (χ4v) is 3.81. The van der Waals surface area contributed by atoms with Crippen molar-refractivity contribution in [2.45, 2.75) is 33.6 Å². The molecule has 2 heterocycles. The van der Waals surface area contributed by atoms with Gasteiger partial charge in [-0.15, -0.1) is 11.3 Å². The van der Waals surface area contributed by atoms with E-state index in [1.807, 2.05) is 0 Å². The summed E-state index contributed by atoms with van der Waals surface area (Å²) in [4.78, 5) is 26.5. The molecule has 5 nitrogen and oxygen atoms in total. The number of thiophene rings is 1. The van der Waals surface area contributed by atoms with Crippen LogP contribution in [0.25, 0.3) is 0 Å². The van der Waals surface area contributed by atoms with E-state index in [-0.39, 0.29) is 11.5 Å². The molecular formula is C15H22N2O3S. The number of carbonyl (C=O) groups is 2. The van der Waals surface area contributed by atoms with Crippen molar-refractivity contribution in [3.63, 3.8) is 0 Å². The summed E-state index contributed by atoms with van der Waals surface area (Å²) >= 11 is 1.31. The molecule has 0 spiro atoms. The second-order valence-corrected chi connectivity index (χ2v) is 6.31. The molecule has 1 aliphatic heterocycles. The molecule has 1 aliphatic rings. The number of anilines is 2. The summed E-state index contributed by atoms with van der Waals surface area (Å²) in [5.74, 6) is 0.0818. The molecule has 0 aromatic carbocycles. The number of esters is 1. The van der Waals surface area contributed by atoms with Crippen molar-refractivity contribution >= 4 is 33.8 Å². The van der Waals surface area contributed by atoms with Crippen LogP contribution in [0.5, 0.6) is 0 Å². The maximum absolute atomic E-state index is 12.2. The van der Waals surface area contributed by atoms with E-state index < -0.39 is 5.97 Å². The van der Waals surface area contributed by atoms with Gasteiger partial charge in [0.2, 0.25) is 0 Å². The minimum atomic E-state index is -0.436.